The molecule has 3 unspecified atom stereocenters. The van der Waals surface area contributed by atoms with Crippen LogP contribution in [0, 0.1) is 11.8 Å². The average molecular weight is 463 g/mol. The lowest BCUT2D eigenvalue weighted by molar-refractivity contribution is -0.933. The maximum atomic E-state index is 12.6. The molecule has 1 aliphatic rings. The summed E-state index contributed by atoms with van der Waals surface area (Å²) in [6.07, 6.45) is -3.42. The lowest BCUT2D eigenvalue weighted by Crippen LogP contribution is -2.48. The molecular weight excluding hydrogens is 430 g/mol. The molecule has 1 aromatic rings. The van der Waals surface area contributed by atoms with Crippen LogP contribution in [0.15, 0.2) is 24.3 Å². The van der Waals surface area contributed by atoms with Crippen LogP contribution in [-0.2, 0) is 16.1 Å². The zero-order valence-corrected chi connectivity index (χ0v) is 18.2. The van der Waals surface area contributed by atoms with Gasteiger partial charge in [0.1, 0.15) is 12.3 Å². The van der Waals surface area contributed by atoms with Crippen molar-refractivity contribution in [3.63, 3.8) is 0 Å². The minimum Gasteiger partial charge on any atom is -0.479 e. The first kappa shape index (κ1) is 27.7. The van der Waals surface area contributed by atoms with Crippen molar-refractivity contribution >= 4 is 11.9 Å². The molecule has 182 valence electrons. The number of nitrogens with zero attached hydrogens (tertiary/aromatic N) is 1. The first-order valence-corrected chi connectivity index (χ1v) is 10.3. The van der Waals surface area contributed by atoms with E-state index in [1.54, 1.807) is 12.1 Å². The summed E-state index contributed by atoms with van der Waals surface area (Å²) >= 11 is 0. The van der Waals surface area contributed by atoms with Crippen molar-refractivity contribution in [2.24, 2.45) is 17.6 Å². The zero-order chi connectivity index (χ0) is 24.5. The van der Waals surface area contributed by atoms with Gasteiger partial charge in [-0.25, -0.2) is 9.59 Å². The number of alkyl halides is 2. The van der Waals surface area contributed by atoms with Crippen LogP contribution in [0.5, 0.6) is 5.75 Å². The van der Waals surface area contributed by atoms with Crippen LogP contribution < -0.4 is 10.5 Å². The number of hydrogen-bond donors (Lipinski definition) is 5. The highest BCUT2D eigenvalue weighted by molar-refractivity contribution is 5.83. The van der Waals surface area contributed by atoms with Crippen molar-refractivity contribution < 1.29 is 48.0 Å². The number of hydrogen-bond acceptors (Lipinski definition) is 6. The maximum absolute atomic E-state index is 12.6. The third-order valence-electron chi connectivity index (χ3n) is 5.24. The summed E-state index contributed by atoms with van der Waals surface area (Å²) < 4.78 is 30.8. The van der Waals surface area contributed by atoms with E-state index in [9.17, 15) is 18.4 Å². The van der Waals surface area contributed by atoms with Crippen LogP contribution in [-0.4, -0.2) is 81.8 Å². The van der Waals surface area contributed by atoms with Crippen molar-refractivity contribution in [2.75, 3.05) is 26.2 Å². The van der Waals surface area contributed by atoms with E-state index >= 15 is 0 Å². The molecule has 0 saturated carbocycles. The van der Waals surface area contributed by atoms with Crippen molar-refractivity contribution in [1.29, 1.82) is 0 Å². The second kappa shape index (κ2) is 12.6. The predicted molar refractivity (Wildman–Crippen MR) is 111 cm³/mol. The van der Waals surface area contributed by atoms with Crippen molar-refractivity contribution in [3.05, 3.63) is 29.8 Å². The first-order chi connectivity index (χ1) is 14.9. The Kier molecular flexibility index (Phi) is 10.9. The molecule has 6 N–H and O–H groups in total. The van der Waals surface area contributed by atoms with Crippen LogP contribution >= 0.6 is 0 Å². The normalized spacial score (nSPS) is 22.2. The van der Waals surface area contributed by atoms with Gasteiger partial charge in [0.2, 0.25) is 0 Å². The quantitative estimate of drug-likeness (QED) is 0.324. The molecule has 1 saturated heterocycles. The Morgan fingerprint density at radius 3 is 2.16 bits per heavy atom. The average Bonchev–Trinajstić information content (AvgIpc) is 3.10. The summed E-state index contributed by atoms with van der Waals surface area (Å²) in [5, 5.41) is 32.5. The zero-order valence-electron chi connectivity index (χ0n) is 18.2. The Hall–Kier alpha value is -2.34. The molecule has 0 bridgehead atoms. The van der Waals surface area contributed by atoms with Crippen LogP contribution in [0.25, 0.3) is 0 Å². The van der Waals surface area contributed by atoms with Crippen molar-refractivity contribution in [1.82, 2.24) is 0 Å². The number of aliphatic carboxylic acids is 2. The molecule has 1 heterocycles. The van der Waals surface area contributed by atoms with E-state index in [1.165, 1.54) is 0 Å². The van der Waals surface area contributed by atoms with Crippen molar-refractivity contribution in [2.45, 2.75) is 45.6 Å². The minimum absolute atomic E-state index is 0.301. The molecule has 9 nitrogen and oxygen atoms in total. The number of likely N-dealkylation sites (tertiary alicyclic amines) is 1. The Balaban J connectivity index is 0.000000433. The molecular formula is C21H33F2N2O7+. The summed E-state index contributed by atoms with van der Waals surface area (Å²) in [5.41, 5.74) is 6.70. The van der Waals surface area contributed by atoms with E-state index in [2.05, 4.69) is 13.8 Å². The van der Waals surface area contributed by atoms with E-state index < -0.39 is 30.8 Å². The van der Waals surface area contributed by atoms with Gasteiger partial charge in [0.05, 0.1) is 19.6 Å². The second-order valence-electron chi connectivity index (χ2n) is 8.43. The minimum atomic E-state index is -2.78. The van der Waals surface area contributed by atoms with Gasteiger partial charge in [0.15, 0.2) is 12.2 Å². The number of rotatable bonds is 10. The largest absolute Gasteiger partial charge is 0.479 e. The molecule has 2 rings (SSSR count). The van der Waals surface area contributed by atoms with Crippen LogP contribution in [0.3, 0.4) is 0 Å². The van der Waals surface area contributed by atoms with Crippen LogP contribution in [0.4, 0.5) is 8.78 Å². The number of benzene rings is 1. The first-order valence-electron chi connectivity index (χ1n) is 10.3. The monoisotopic (exact) mass is 463 g/mol. The van der Waals surface area contributed by atoms with E-state index in [0.29, 0.717) is 24.1 Å². The van der Waals surface area contributed by atoms with Gasteiger partial charge in [-0.1, -0.05) is 26.0 Å². The Bertz CT molecular complexity index is 733. The molecule has 0 aliphatic carbocycles. The third kappa shape index (κ3) is 8.65. The fourth-order valence-electron chi connectivity index (χ4n) is 4.00. The smallest absolute Gasteiger partial charge is 0.387 e. The molecule has 0 spiro atoms. The second-order valence-corrected chi connectivity index (χ2v) is 8.43. The molecule has 0 radical (unpaired) electrons. The number of carboxylic acids is 2. The number of carboxylic acid groups (broad SMARTS) is 2. The number of quaternary nitrogens is 1. The van der Waals surface area contributed by atoms with Gasteiger partial charge in [-0.3, -0.25) is 0 Å². The summed E-state index contributed by atoms with van der Waals surface area (Å²) in [4.78, 5) is 19.5. The van der Waals surface area contributed by atoms with Crippen molar-refractivity contribution in [3.8, 4) is 5.75 Å². The summed E-state index contributed by atoms with van der Waals surface area (Å²) in [6.45, 7) is 6.19. The summed E-state index contributed by atoms with van der Waals surface area (Å²) in [5.74, 6) is -2.15. The Morgan fingerprint density at radius 2 is 1.72 bits per heavy atom. The molecule has 1 aromatic carbocycles. The topological polar surface area (TPSA) is 150 Å². The van der Waals surface area contributed by atoms with E-state index in [0.717, 1.165) is 42.6 Å². The molecule has 1 aliphatic heterocycles. The maximum Gasteiger partial charge on any atom is 0.387 e. The fraction of sp³-hybridized carbons (Fsp3) is 0.619. The lowest BCUT2D eigenvalue weighted by Gasteiger charge is -2.36. The Morgan fingerprint density at radius 1 is 1.16 bits per heavy atom. The van der Waals surface area contributed by atoms with Gasteiger partial charge < -0.3 is 35.4 Å². The van der Waals surface area contributed by atoms with Gasteiger partial charge in [-0.05, 0) is 12.1 Å². The molecule has 4 atom stereocenters. The van der Waals surface area contributed by atoms with E-state index in [1.807, 2.05) is 12.1 Å². The lowest BCUT2D eigenvalue weighted by atomic mass is 10.1. The highest BCUT2D eigenvalue weighted by Gasteiger charge is 2.38. The SMILES string of the molecule is CC(C)C[N+]1(Cc2ccccc2OC(F)F)CC[C@H](CN)C1.O=C(O)C(O)C(O)C(=O)O. The number of ether oxygens (including phenoxy) is 1. The number of halogens is 2. The molecule has 0 amide bonds. The van der Waals surface area contributed by atoms with Crippen LogP contribution in [0.2, 0.25) is 0 Å². The van der Waals surface area contributed by atoms with Gasteiger partial charge >= 0.3 is 18.6 Å². The molecule has 32 heavy (non-hydrogen) atoms. The fourth-order valence-corrected chi connectivity index (χ4v) is 4.00. The number of nitrogens with two attached hydrogens (primary N) is 1. The molecule has 11 heteroatoms. The number of aliphatic hydroxyl groups excluding tert-OH is 2. The number of aliphatic hydroxyl groups is 2. The molecule has 0 aromatic heterocycles. The van der Waals surface area contributed by atoms with E-state index in [-0.39, 0.29) is 0 Å². The van der Waals surface area contributed by atoms with E-state index in [4.69, 9.17) is 30.9 Å². The standard InChI is InChI=1S/C17H27F2N2O.C4H6O6/c1-13(2)10-21(8-7-14(9-20)11-21)12-15-5-3-4-6-16(15)22-17(18)19;5-1(3(7)8)2(6)4(9)10/h3-6,13-14,17H,7-12,20H2,1-2H3;1-2,5-6H,(H,7,8)(H,9,10)/q+1;/t14-,21?;/m1./s1. The van der Waals surface area contributed by atoms with Gasteiger partial charge in [0, 0.05) is 30.4 Å². The van der Waals surface area contributed by atoms with Crippen LogP contribution in [0.1, 0.15) is 25.8 Å². The highest BCUT2D eigenvalue weighted by atomic mass is 19.3. The van der Waals surface area contributed by atoms with Gasteiger partial charge in [-0.15, -0.1) is 0 Å². The van der Waals surface area contributed by atoms with Gasteiger partial charge in [0.25, 0.3) is 0 Å². The number of para-hydroxylation sites is 1. The van der Waals surface area contributed by atoms with Gasteiger partial charge in [-0.2, -0.15) is 8.78 Å². The Labute approximate surface area is 185 Å². The highest BCUT2D eigenvalue weighted by Crippen LogP contribution is 2.32. The third-order valence-corrected chi connectivity index (χ3v) is 5.24. The number of carbonyl (C=O) groups is 2. The summed E-state index contributed by atoms with van der Waals surface area (Å²) in [6, 6.07) is 7.15. The summed E-state index contributed by atoms with van der Waals surface area (Å²) in [7, 11) is 0. The predicted octanol–water partition coefficient (Wildman–Crippen LogP) is 1.12. The molecule has 1 fully saturated rings.